The molecular formula is C14H18F2N2O. The summed E-state index contributed by atoms with van der Waals surface area (Å²) in [7, 11) is 1.43. The number of amides is 1. The standard InChI is InChI=1S/C14H18F2N2O/c1-3-4-8-7-12(8)18-14(19)9-5-10(15)13(17-2)11(16)6-9/h5-6,8,12,17H,3-4,7H2,1-2H3,(H,18,19). The van der Waals surface area contributed by atoms with Crippen LogP contribution in [0.4, 0.5) is 14.5 Å². The highest BCUT2D eigenvalue weighted by Crippen LogP contribution is 2.34. The van der Waals surface area contributed by atoms with Gasteiger partial charge in [-0.25, -0.2) is 8.78 Å². The average Bonchev–Trinajstić information content (AvgIpc) is 3.07. The predicted octanol–water partition coefficient (Wildman–Crippen LogP) is 2.92. The van der Waals surface area contributed by atoms with Gasteiger partial charge in [0, 0.05) is 18.7 Å². The van der Waals surface area contributed by atoms with E-state index in [9.17, 15) is 13.6 Å². The van der Waals surface area contributed by atoms with Gasteiger partial charge in [-0.2, -0.15) is 0 Å². The molecule has 19 heavy (non-hydrogen) atoms. The van der Waals surface area contributed by atoms with E-state index in [1.807, 2.05) is 0 Å². The second kappa shape index (κ2) is 5.55. The summed E-state index contributed by atoms with van der Waals surface area (Å²) in [6, 6.07) is 2.27. The largest absolute Gasteiger partial charge is 0.383 e. The van der Waals surface area contributed by atoms with Crippen molar-refractivity contribution in [2.45, 2.75) is 32.2 Å². The smallest absolute Gasteiger partial charge is 0.251 e. The molecule has 0 spiro atoms. The molecular weight excluding hydrogens is 250 g/mol. The summed E-state index contributed by atoms with van der Waals surface area (Å²) < 4.78 is 27.1. The van der Waals surface area contributed by atoms with E-state index in [1.165, 1.54) is 7.05 Å². The van der Waals surface area contributed by atoms with Crippen LogP contribution in [0.3, 0.4) is 0 Å². The van der Waals surface area contributed by atoms with E-state index < -0.39 is 17.5 Å². The molecule has 2 rings (SSSR count). The van der Waals surface area contributed by atoms with Gasteiger partial charge in [-0.3, -0.25) is 4.79 Å². The van der Waals surface area contributed by atoms with E-state index >= 15 is 0 Å². The molecule has 2 N–H and O–H groups in total. The highest BCUT2D eigenvalue weighted by molar-refractivity contribution is 5.95. The van der Waals surface area contributed by atoms with Crippen molar-refractivity contribution in [2.75, 3.05) is 12.4 Å². The SMILES string of the molecule is CCCC1CC1NC(=O)c1cc(F)c(NC)c(F)c1. The van der Waals surface area contributed by atoms with Gasteiger partial charge in [-0.1, -0.05) is 13.3 Å². The normalized spacial score (nSPS) is 21.1. The number of carbonyl (C=O) groups excluding carboxylic acids is 1. The van der Waals surface area contributed by atoms with Crippen LogP contribution in [0.25, 0.3) is 0 Å². The molecule has 2 atom stereocenters. The third kappa shape index (κ3) is 3.03. The summed E-state index contributed by atoms with van der Waals surface area (Å²) in [5.41, 5.74) is -0.192. The van der Waals surface area contributed by atoms with Crippen LogP contribution < -0.4 is 10.6 Å². The fourth-order valence-corrected chi connectivity index (χ4v) is 2.31. The summed E-state index contributed by atoms with van der Waals surface area (Å²) in [6.45, 7) is 2.10. The van der Waals surface area contributed by atoms with Gasteiger partial charge in [0.25, 0.3) is 5.91 Å². The highest BCUT2D eigenvalue weighted by atomic mass is 19.1. The topological polar surface area (TPSA) is 41.1 Å². The maximum absolute atomic E-state index is 13.5. The van der Waals surface area contributed by atoms with Crippen molar-refractivity contribution in [3.8, 4) is 0 Å². The molecule has 0 saturated heterocycles. The van der Waals surface area contributed by atoms with E-state index in [4.69, 9.17) is 0 Å². The lowest BCUT2D eigenvalue weighted by Gasteiger charge is -2.08. The zero-order valence-electron chi connectivity index (χ0n) is 11.1. The zero-order valence-corrected chi connectivity index (χ0v) is 11.1. The van der Waals surface area contributed by atoms with Crippen molar-refractivity contribution in [1.82, 2.24) is 5.32 Å². The van der Waals surface area contributed by atoms with Crippen molar-refractivity contribution in [1.29, 1.82) is 0 Å². The van der Waals surface area contributed by atoms with E-state index in [2.05, 4.69) is 17.6 Å². The Morgan fingerprint density at radius 3 is 2.53 bits per heavy atom. The molecule has 3 nitrogen and oxygen atoms in total. The quantitative estimate of drug-likeness (QED) is 0.862. The van der Waals surface area contributed by atoms with E-state index in [-0.39, 0.29) is 17.3 Å². The third-order valence-corrected chi connectivity index (χ3v) is 3.45. The van der Waals surface area contributed by atoms with Gasteiger partial charge in [0.2, 0.25) is 0 Å². The Kier molecular flexibility index (Phi) is 4.02. The average molecular weight is 268 g/mol. The van der Waals surface area contributed by atoms with Crippen LogP contribution in [0.15, 0.2) is 12.1 Å². The van der Waals surface area contributed by atoms with Gasteiger partial charge >= 0.3 is 0 Å². The minimum Gasteiger partial charge on any atom is -0.383 e. The molecule has 1 aliphatic rings. The first-order chi connectivity index (χ1) is 9.06. The zero-order chi connectivity index (χ0) is 14.0. The minimum absolute atomic E-state index is 0.0242. The Hall–Kier alpha value is -1.65. The van der Waals surface area contributed by atoms with E-state index in [0.29, 0.717) is 5.92 Å². The lowest BCUT2D eigenvalue weighted by molar-refractivity contribution is 0.0948. The van der Waals surface area contributed by atoms with Gasteiger partial charge in [0.1, 0.15) is 17.3 Å². The molecule has 0 heterocycles. The van der Waals surface area contributed by atoms with E-state index in [1.54, 1.807) is 0 Å². The maximum Gasteiger partial charge on any atom is 0.251 e. The third-order valence-electron chi connectivity index (χ3n) is 3.45. The summed E-state index contributed by atoms with van der Waals surface area (Å²) in [6.07, 6.45) is 3.11. The molecule has 0 radical (unpaired) electrons. The maximum atomic E-state index is 13.5. The van der Waals surface area contributed by atoms with E-state index in [0.717, 1.165) is 31.4 Å². The Morgan fingerprint density at radius 1 is 1.37 bits per heavy atom. The summed E-state index contributed by atoms with van der Waals surface area (Å²) in [5, 5.41) is 5.23. The molecule has 2 unspecified atom stereocenters. The van der Waals surface area contributed by atoms with Crippen molar-refractivity contribution < 1.29 is 13.6 Å². The number of anilines is 1. The van der Waals surface area contributed by atoms with Gasteiger partial charge in [-0.15, -0.1) is 0 Å². The van der Waals surface area contributed by atoms with Crippen LogP contribution in [0.2, 0.25) is 0 Å². The molecule has 1 fully saturated rings. The van der Waals surface area contributed by atoms with Crippen LogP contribution >= 0.6 is 0 Å². The Balaban J connectivity index is 2.04. The fraction of sp³-hybridized carbons (Fsp3) is 0.500. The lowest BCUT2D eigenvalue weighted by Crippen LogP contribution is -2.27. The highest BCUT2D eigenvalue weighted by Gasteiger charge is 2.37. The van der Waals surface area contributed by atoms with Crippen LogP contribution in [-0.2, 0) is 0 Å². The first-order valence-corrected chi connectivity index (χ1v) is 6.54. The second-order valence-corrected chi connectivity index (χ2v) is 4.93. The van der Waals surface area contributed by atoms with Crippen LogP contribution in [0.1, 0.15) is 36.5 Å². The summed E-state index contributed by atoms with van der Waals surface area (Å²) in [5.74, 6) is -1.41. The number of carbonyl (C=O) groups is 1. The van der Waals surface area contributed by atoms with Gasteiger partial charge < -0.3 is 10.6 Å². The monoisotopic (exact) mass is 268 g/mol. The predicted molar refractivity (Wildman–Crippen MR) is 70.2 cm³/mol. The molecule has 0 aromatic heterocycles. The number of hydrogen-bond acceptors (Lipinski definition) is 2. The van der Waals surface area contributed by atoms with Gasteiger partial charge in [0.05, 0.1) is 0 Å². The number of benzene rings is 1. The molecule has 1 saturated carbocycles. The first kappa shape index (κ1) is 13.8. The molecule has 104 valence electrons. The lowest BCUT2D eigenvalue weighted by atomic mass is 10.1. The number of nitrogens with one attached hydrogen (secondary N) is 2. The first-order valence-electron chi connectivity index (χ1n) is 6.54. The number of hydrogen-bond donors (Lipinski definition) is 2. The number of rotatable bonds is 5. The van der Waals surface area contributed by atoms with Crippen molar-refractivity contribution >= 4 is 11.6 Å². The second-order valence-electron chi connectivity index (χ2n) is 4.93. The van der Waals surface area contributed by atoms with Gasteiger partial charge in [-0.05, 0) is 30.9 Å². The molecule has 1 amide bonds. The van der Waals surface area contributed by atoms with Crippen molar-refractivity contribution in [3.05, 3.63) is 29.3 Å². The Bertz CT molecular complexity index is 467. The van der Waals surface area contributed by atoms with Crippen molar-refractivity contribution in [2.24, 2.45) is 5.92 Å². The van der Waals surface area contributed by atoms with Gasteiger partial charge in [0.15, 0.2) is 0 Å². The Morgan fingerprint density at radius 2 is 2.00 bits per heavy atom. The fourth-order valence-electron chi connectivity index (χ4n) is 2.31. The summed E-state index contributed by atoms with van der Waals surface area (Å²) in [4.78, 5) is 11.9. The molecule has 5 heteroatoms. The summed E-state index contributed by atoms with van der Waals surface area (Å²) >= 11 is 0. The molecule has 1 aromatic carbocycles. The molecule has 0 aliphatic heterocycles. The van der Waals surface area contributed by atoms with Crippen LogP contribution in [-0.4, -0.2) is 19.0 Å². The minimum atomic E-state index is -0.756. The van der Waals surface area contributed by atoms with Crippen molar-refractivity contribution in [3.63, 3.8) is 0 Å². The van der Waals surface area contributed by atoms with Crippen LogP contribution in [0, 0.1) is 17.6 Å². The Labute approximate surface area is 111 Å². The molecule has 1 aromatic rings. The number of halogens is 2. The van der Waals surface area contributed by atoms with Crippen LogP contribution in [0.5, 0.6) is 0 Å². The molecule has 0 bridgehead atoms. The molecule has 1 aliphatic carbocycles.